The summed E-state index contributed by atoms with van der Waals surface area (Å²) in [6.45, 7) is 6.64. The highest BCUT2D eigenvalue weighted by atomic mass is 16.5. The van der Waals surface area contributed by atoms with Crippen LogP contribution in [0.15, 0.2) is 72.8 Å². The van der Waals surface area contributed by atoms with Crippen molar-refractivity contribution in [1.29, 1.82) is 0 Å². The van der Waals surface area contributed by atoms with Gasteiger partial charge >= 0.3 is 17.9 Å². The lowest BCUT2D eigenvalue weighted by Crippen LogP contribution is -2.15. The Bertz CT molecular complexity index is 1230. The first kappa shape index (κ1) is 31.4. The van der Waals surface area contributed by atoms with E-state index in [9.17, 15) is 14.4 Å². The summed E-state index contributed by atoms with van der Waals surface area (Å²) in [5.74, 6) is 0.00518. The van der Waals surface area contributed by atoms with Crippen LogP contribution in [-0.2, 0) is 14.3 Å². The second-order valence-corrected chi connectivity index (χ2v) is 9.86. The van der Waals surface area contributed by atoms with Gasteiger partial charge in [0.2, 0.25) is 0 Å². The number of benzene rings is 3. The fourth-order valence-corrected chi connectivity index (χ4v) is 4.07. The first-order valence-corrected chi connectivity index (χ1v) is 14.4. The van der Waals surface area contributed by atoms with E-state index in [1.807, 2.05) is 43.3 Å². The summed E-state index contributed by atoms with van der Waals surface area (Å²) in [5.41, 5.74) is 2.76. The van der Waals surface area contributed by atoms with Crippen LogP contribution in [0.3, 0.4) is 0 Å². The molecular formula is C34H40O7. The van der Waals surface area contributed by atoms with Gasteiger partial charge in [0.15, 0.2) is 0 Å². The second kappa shape index (κ2) is 16.9. The first-order chi connectivity index (χ1) is 19.9. The van der Waals surface area contributed by atoms with E-state index in [1.54, 1.807) is 43.3 Å². The van der Waals surface area contributed by atoms with E-state index in [4.69, 9.17) is 18.9 Å². The van der Waals surface area contributed by atoms with E-state index in [0.29, 0.717) is 42.9 Å². The number of unbranched alkanes of at least 4 members (excludes halogenated alkanes) is 3. The standard InChI is InChI=1S/C34H40O7/c1-4-6-7-8-10-25(3)40-33(36)29-17-21-31(22-18-29)41-34(37)28-13-11-26(12-14-28)27-15-19-30(20-16-27)38-23-9-24-39-32(35)5-2/h11-22,25H,4-10,23-24H2,1-3H3. The summed E-state index contributed by atoms with van der Waals surface area (Å²) >= 11 is 0. The molecule has 3 rings (SSSR count). The molecule has 0 radical (unpaired) electrons. The van der Waals surface area contributed by atoms with Crippen LogP contribution in [0.1, 0.15) is 86.4 Å². The minimum atomic E-state index is -0.485. The summed E-state index contributed by atoms with van der Waals surface area (Å²) in [7, 11) is 0. The average molecular weight is 561 g/mol. The SMILES string of the molecule is CCCCCCC(C)OC(=O)c1ccc(OC(=O)c2ccc(-c3ccc(OCCCOC(=O)CC)cc3)cc2)cc1. The fraction of sp³-hybridized carbons (Fsp3) is 0.382. The highest BCUT2D eigenvalue weighted by molar-refractivity contribution is 5.92. The molecule has 7 heteroatoms. The molecule has 7 nitrogen and oxygen atoms in total. The van der Waals surface area contributed by atoms with E-state index in [2.05, 4.69) is 6.92 Å². The first-order valence-electron chi connectivity index (χ1n) is 14.4. The minimum absolute atomic E-state index is 0.138. The second-order valence-electron chi connectivity index (χ2n) is 9.86. The van der Waals surface area contributed by atoms with Crippen molar-refractivity contribution >= 4 is 17.9 Å². The predicted octanol–water partition coefficient (Wildman–Crippen LogP) is 7.81. The summed E-state index contributed by atoms with van der Waals surface area (Å²) in [6, 6.07) is 21.2. The lowest BCUT2D eigenvalue weighted by atomic mass is 10.0. The van der Waals surface area contributed by atoms with E-state index >= 15 is 0 Å². The molecule has 0 spiro atoms. The molecule has 3 aromatic carbocycles. The molecule has 0 aliphatic rings. The number of rotatable bonds is 16. The molecule has 218 valence electrons. The van der Waals surface area contributed by atoms with E-state index in [-0.39, 0.29) is 18.0 Å². The third-order valence-corrected chi connectivity index (χ3v) is 6.49. The summed E-state index contributed by atoms with van der Waals surface area (Å²) in [5, 5.41) is 0. The van der Waals surface area contributed by atoms with Crippen molar-refractivity contribution in [2.24, 2.45) is 0 Å². The fourth-order valence-electron chi connectivity index (χ4n) is 4.07. The van der Waals surface area contributed by atoms with E-state index < -0.39 is 5.97 Å². The number of hydrogen-bond donors (Lipinski definition) is 0. The molecule has 0 bridgehead atoms. The lowest BCUT2D eigenvalue weighted by Gasteiger charge is -2.13. The van der Waals surface area contributed by atoms with Gasteiger partial charge in [0.05, 0.1) is 30.4 Å². The molecule has 0 fully saturated rings. The average Bonchev–Trinajstić information content (AvgIpc) is 2.99. The molecule has 1 atom stereocenters. The van der Waals surface area contributed by atoms with E-state index in [0.717, 1.165) is 36.1 Å². The molecule has 0 saturated heterocycles. The third-order valence-electron chi connectivity index (χ3n) is 6.49. The Morgan fingerprint density at radius 1 is 0.659 bits per heavy atom. The highest BCUT2D eigenvalue weighted by Crippen LogP contribution is 2.24. The maximum atomic E-state index is 12.7. The maximum Gasteiger partial charge on any atom is 0.343 e. The highest BCUT2D eigenvalue weighted by Gasteiger charge is 2.14. The van der Waals surface area contributed by atoms with Gasteiger partial charge in [-0.05, 0) is 79.4 Å². The van der Waals surface area contributed by atoms with Crippen molar-refractivity contribution in [1.82, 2.24) is 0 Å². The number of esters is 3. The Morgan fingerprint density at radius 2 is 1.24 bits per heavy atom. The summed E-state index contributed by atoms with van der Waals surface area (Å²) in [6.07, 6.45) is 6.26. The molecule has 0 heterocycles. The summed E-state index contributed by atoms with van der Waals surface area (Å²) < 4.78 is 21.8. The largest absolute Gasteiger partial charge is 0.493 e. The quantitative estimate of drug-likeness (QED) is 0.100. The molecule has 0 aliphatic carbocycles. The zero-order valence-electron chi connectivity index (χ0n) is 24.2. The predicted molar refractivity (Wildman–Crippen MR) is 158 cm³/mol. The molecular weight excluding hydrogens is 520 g/mol. The van der Waals surface area contributed by atoms with Crippen molar-refractivity contribution in [2.45, 2.75) is 71.8 Å². The van der Waals surface area contributed by atoms with Crippen LogP contribution in [0.5, 0.6) is 11.5 Å². The van der Waals surface area contributed by atoms with Crippen LogP contribution >= 0.6 is 0 Å². The summed E-state index contributed by atoms with van der Waals surface area (Å²) in [4.78, 5) is 36.2. The molecule has 0 N–H and O–H groups in total. The van der Waals surface area contributed by atoms with Crippen molar-refractivity contribution in [3.05, 3.63) is 83.9 Å². The Kier molecular flexibility index (Phi) is 12.9. The number of ether oxygens (including phenoxy) is 4. The third kappa shape index (κ3) is 10.7. The van der Waals surface area contributed by atoms with Gasteiger partial charge in [-0.15, -0.1) is 0 Å². The lowest BCUT2D eigenvalue weighted by molar-refractivity contribution is -0.143. The van der Waals surface area contributed by atoms with Crippen LogP contribution in [-0.4, -0.2) is 37.2 Å². The van der Waals surface area contributed by atoms with Gasteiger partial charge in [-0.3, -0.25) is 4.79 Å². The monoisotopic (exact) mass is 560 g/mol. The van der Waals surface area contributed by atoms with Gasteiger partial charge < -0.3 is 18.9 Å². The molecule has 0 saturated carbocycles. The molecule has 0 amide bonds. The number of carbonyl (C=O) groups excluding carboxylic acids is 3. The van der Waals surface area contributed by atoms with Crippen LogP contribution in [0.25, 0.3) is 11.1 Å². The van der Waals surface area contributed by atoms with Gasteiger partial charge in [-0.1, -0.05) is 57.4 Å². The van der Waals surface area contributed by atoms with Crippen molar-refractivity contribution < 1.29 is 33.3 Å². The Balaban J connectivity index is 1.46. The van der Waals surface area contributed by atoms with E-state index in [1.165, 1.54) is 12.8 Å². The minimum Gasteiger partial charge on any atom is -0.493 e. The number of hydrogen-bond acceptors (Lipinski definition) is 7. The van der Waals surface area contributed by atoms with Crippen molar-refractivity contribution in [2.75, 3.05) is 13.2 Å². The Hall–Kier alpha value is -4.13. The van der Waals surface area contributed by atoms with Gasteiger partial charge in [0.25, 0.3) is 0 Å². The van der Waals surface area contributed by atoms with Gasteiger partial charge in [-0.2, -0.15) is 0 Å². The molecule has 3 aromatic rings. The molecule has 1 unspecified atom stereocenters. The van der Waals surface area contributed by atoms with Crippen LogP contribution in [0.4, 0.5) is 0 Å². The number of carbonyl (C=O) groups is 3. The molecule has 41 heavy (non-hydrogen) atoms. The van der Waals surface area contributed by atoms with Crippen LogP contribution in [0, 0.1) is 0 Å². The van der Waals surface area contributed by atoms with Crippen LogP contribution in [0.2, 0.25) is 0 Å². The smallest absolute Gasteiger partial charge is 0.343 e. The topological polar surface area (TPSA) is 88.1 Å². The zero-order valence-corrected chi connectivity index (χ0v) is 24.2. The van der Waals surface area contributed by atoms with Gasteiger partial charge in [0, 0.05) is 12.8 Å². The van der Waals surface area contributed by atoms with Gasteiger partial charge in [-0.25, -0.2) is 9.59 Å². The van der Waals surface area contributed by atoms with Crippen molar-refractivity contribution in [3.8, 4) is 22.6 Å². The zero-order chi connectivity index (χ0) is 29.5. The van der Waals surface area contributed by atoms with Gasteiger partial charge in [0.1, 0.15) is 11.5 Å². The molecule has 0 aliphatic heterocycles. The maximum absolute atomic E-state index is 12.7. The Morgan fingerprint density at radius 3 is 1.88 bits per heavy atom. The van der Waals surface area contributed by atoms with Crippen molar-refractivity contribution in [3.63, 3.8) is 0 Å². The normalized spacial score (nSPS) is 11.4. The Labute approximate surface area is 242 Å². The molecule has 0 aromatic heterocycles. The van der Waals surface area contributed by atoms with Crippen LogP contribution < -0.4 is 9.47 Å².